The number of aromatic nitrogens is 2. The summed E-state index contributed by atoms with van der Waals surface area (Å²) in [7, 11) is 0. The molecule has 0 aliphatic carbocycles. The molecule has 144 valence electrons. The molecule has 2 heterocycles. The minimum atomic E-state index is -0.934. The number of ether oxygens (including phenoxy) is 1. The molecule has 1 amide bonds. The highest BCUT2D eigenvalue weighted by molar-refractivity contribution is 5.94. The van der Waals surface area contributed by atoms with Gasteiger partial charge >= 0.3 is 0 Å². The van der Waals surface area contributed by atoms with E-state index in [1.54, 1.807) is 18.0 Å². The second-order valence-corrected chi connectivity index (χ2v) is 7.43. The Kier molecular flexibility index (Phi) is 5.75. The second-order valence-electron chi connectivity index (χ2n) is 7.43. The monoisotopic (exact) mass is 369 g/mol. The number of hydrogen-bond donors (Lipinski definition) is 1. The number of nitrogens with zero attached hydrogens (tertiary/aromatic N) is 3. The number of benzene rings is 1. The number of hydrogen-bond acceptors (Lipinski definition) is 5. The molecule has 27 heavy (non-hydrogen) atoms. The van der Waals surface area contributed by atoms with Crippen LogP contribution in [0.1, 0.15) is 46.4 Å². The van der Waals surface area contributed by atoms with Crippen molar-refractivity contribution in [2.75, 3.05) is 19.7 Å². The summed E-state index contributed by atoms with van der Waals surface area (Å²) in [5.41, 5.74) is 2.64. The number of amides is 1. The van der Waals surface area contributed by atoms with Crippen LogP contribution in [0.15, 0.2) is 30.7 Å². The zero-order valence-corrected chi connectivity index (χ0v) is 16.2. The molecule has 2 aromatic rings. The Morgan fingerprint density at radius 3 is 2.78 bits per heavy atom. The van der Waals surface area contributed by atoms with E-state index >= 15 is 0 Å². The second kappa shape index (κ2) is 8.05. The summed E-state index contributed by atoms with van der Waals surface area (Å²) in [6.07, 6.45) is 4.81. The zero-order chi connectivity index (χ0) is 19.4. The van der Waals surface area contributed by atoms with Gasteiger partial charge in [-0.1, -0.05) is 6.07 Å². The summed E-state index contributed by atoms with van der Waals surface area (Å²) in [6.45, 7) is 7.23. The van der Waals surface area contributed by atoms with Crippen LogP contribution in [0.4, 0.5) is 0 Å². The summed E-state index contributed by atoms with van der Waals surface area (Å²) in [6, 6.07) is 5.94. The molecule has 1 saturated heterocycles. The number of aryl methyl sites for hydroxylation is 3. The normalized spacial score (nSPS) is 20.2. The van der Waals surface area contributed by atoms with Crippen molar-refractivity contribution in [3.05, 3.63) is 53.1 Å². The van der Waals surface area contributed by atoms with Gasteiger partial charge in [0.05, 0.1) is 11.3 Å². The fourth-order valence-electron chi connectivity index (χ4n) is 3.32. The van der Waals surface area contributed by atoms with Gasteiger partial charge in [0, 0.05) is 19.3 Å². The SMILES string of the molecule is Cc1ccc(OCC2(O)CCCN(C(=O)c3cncnc3C)CC2)cc1C. The van der Waals surface area contributed by atoms with Gasteiger partial charge in [0.25, 0.3) is 5.91 Å². The van der Waals surface area contributed by atoms with Gasteiger partial charge in [-0.25, -0.2) is 9.97 Å². The molecule has 6 heteroatoms. The van der Waals surface area contributed by atoms with Crippen LogP contribution in [0.2, 0.25) is 0 Å². The average Bonchev–Trinajstić information content (AvgIpc) is 2.85. The number of likely N-dealkylation sites (tertiary alicyclic amines) is 1. The Morgan fingerprint density at radius 2 is 2.04 bits per heavy atom. The van der Waals surface area contributed by atoms with Crippen LogP contribution in [0.25, 0.3) is 0 Å². The van der Waals surface area contributed by atoms with Crippen molar-refractivity contribution in [2.45, 2.75) is 45.6 Å². The molecule has 1 aliphatic rings. The quantitative estimate of drug-likeness (QED) is 0.897. The molecule has 3 rings (SSSR count). The Labute approximate surface area is 160 Å². The molecule has 1 aliphatic heterocycles. The van der Waals surface area contributed by atoms with Crippen molar-refractivity contribution in [1.82, 2.24) is 14.9 Å². The van der Waals surface area contributed by atoms with E-state index in [1.165, 1.54) is 11.9 Å². The highest BCUT2D eigenvalue weighted by Crippen LogP contribution is 2.26. The Bertz CT molecular complexity index is 824. The number of rotatable bonds is 4. The summed E-state index contributed by atoms with van der Waals surface area (Å²) >= 11 is 0. The van der Waals surface area contributed by atoms with Gasteiger partial charge in [0.2, 0.25) is 0 Å². The van der Waals surface area contributed by atoms with Gasteiger partial charge in [0.1, 0.15) is 24.3 Å². The maximum absolute atomic E-state index is 12.8. The largest absolute Gasteiger partial charge is 0.491 e. The van der Waals surface area contributed by atoms with Crippen molar-refractivity contribution in [3.63, 3.8) is 0 Å². The average molecular weight is 369 g/mol. The topological polar surface area (TPSA) is 75.6 Å². The van der Waals surface area contributed by atoms with Crippen molar-refractivity contribution in [1.29, 1.82) is 0 Å². The van der Waals surface area contributed by atoms with Crippen molar-refractivity contribution in [2.24, 2.45) is 0 Å². The molecule has 0 radical (unpaired) electrons. The van der Waals surface area contributed by atoms with Crippen LogP contribution in [0.5, 0.6) is 5.75 Å². The van der Waals surface area contributed by atoms with Crippen LogP contribution in [0, 0.1) is 20.8 Å². The van der Waals surface area contributed by atoms with E-state index in [0.29, 0.717) is 37.2 Å². The van der Waals surface area contributed by atoms with Gasteiger partial charge in [-0.05, 0) is 63.3 Å². The first-order valence-corrected chi connectivity index (χ1v) is 9.36. The fourth-order valence-corrected chi connectivity index (χ4v) is 3.32. The molecule has 1 atom stereocenters. The lowest BCUT2D eigenvalue weighted by atomic mass is 9.96. The molecule has 1 fully saturated rings. The van der Waals surface area contributed by atoms with Gasteiger partial charge in [-0.2, -0.15) is 0 Å². The molecule has 1 N–H and O–H groups in total. The minimum absolute atomic E-state index is 0.0765. The molecule has 6 nitrogen and oxygen atoms in total. The van der Waals surface area contributed by atoms with Crippen LogP contribution in [-0.2, 0) is 0 Å². The molecular formula is C21H27N3O3. The van der Waals surface area contributed by atoms with Crippen LogP contribution in [0.3, 0.4) is 0 Å². The molecule has 1 aromatic heterocycles. The highest BCUT2D eigenvalue weighted by Gasteiger charge is 2.33. The van der Waals surface area contributed by atoms with E-state index in [9.17, 15) is 9.90 Å². The lowest BCUT2D eigenvalue weighted by Gasteiger charge is -2.27. The standard InChI is InChI=1S/C21H27N3O3/c1-15-5-6-18(11-16(15)2)27-13-21(26)7-4-9-24(10-8-21)20(25)19-12-22-14-23-17(19)3/h5-6,11-12,14,26H,4,7-10,13H2,1-3H3. The first-order chi connectivity index (χ1) is 12.9. The minimum Gasteiger partial charge on any atom is -0.491 e. The zero-order valence-electron chi connectivity index (χ0n) is 16.2. The van der Waals surface area contributed by atoms with Gasteiger partial charge < -0.3 is 14.7 Å². The predicted octanol–water partition coefficient (Wildman–Crippen LogP) is 2.84. The third kappa shape index (κ3) is 4.63. The predicted molar refractivity (Wildman–Crippen MR) is 103 cm³/mol. The molecule has 0 saturated carbocycles. The molecule has 0 bridgehead atoms. The lowest BCUT2D eigenvalue weighted by Crippen LogP contribution is -2.38. The third-order valence-electron chi connectivity index (χ3n) is 5.33. The number of aliphatic hydroxyl groups is 1. The third-order valence-corrected chi connectivity index (χ3v) is 5.33. The molecule has 1 unspecified atom stereocenters. The van der Waals surface area contributed by atoms with Gasteiger partial charge in [-0.15, -0.1) is 0 Å². The van der Waals surface area contributed by atoms with Crippen molar-refractivity contribution >= 4 is 5.91 Å². The Morgan fingerprint density at radius 1 is 1.22 bits per heavy atom. The number of carbonyl (C=O) groups is 1. The van der Waals surface area contributed by atoms with Gasteiger partial charge in [-0.3, -0.25) is 4.79 Å². The summed E-state index contributed by atoms with van der Waals surface area (Å²) in [5, 5.41) is 11.0. The summed E-state index contributed by atoms with van der Waals surface area (Å²) in [5.74, 6) is 0.688. The Hall–Kier alpha value is -2.47. The Balaban J connectivity index is 1.62. The highest BCUT2D eigenvalue weighted by atomic mass is 16.5. The first-order valence-electron chi connectivity index (χ1n) is 9.36. The number of carbonyl (C=O) groups excluding carboxylic acids is 1. The van der Waals surface area contributed by atoms with E-state index < -0.39 is 5.60 Å². The smallest absolute Gasteiger partial charge is 0.257 e. The van der Waals surface area contributed by atoms with E-state index in [0.717, 1.165) is 17.7 Å². The van der Waals surface area contributed by atoms with E-state index in [4.69, 9.17) is 4.74 Å². The van der Waals surface area contributed by atoms with Crippen molar-refractivity contribution < 1.29 is 14.6 Å². The molecule has 1 aromatic carbocycles. The molecular weight excluding hydrogens is 342 g/mol. The summed E-state index contributed by atoms with van der Waals surface area (Å²) in [4.78, 5) is 22.6. The van der Waals surface area contributed by atoms with Crippen LogP contribution >= 0.6 is 0 Å². The van der Waals surface area contributed by atoms with E-state index in [2.05, 4.69) is 16.9 Å². The van der Waals surface area contributed by atoms with Crippen LogP contribution < -0.4 is 4.74 Å². The van der Waals surface area contributed by atoms with Crippen molar-refractivity contribution in [3.8, 4) is 5.75 Å². The van der Waals surface area contributed by atoms with E-state index in [1.807, 2.05) is 25.1 Å². The first kappa shape index (κ1) is 19.3. The maximum atomic E-state index is 12.8. The van der Waals surface area contributed by atoms with Crippen LogP contribution in [-0.4, -0.2) is 51.2 Å². The summed E-state index contributed by atoms with van der Waals surface area (Å²) < 4.78 is 5.87. The molecule has 0 spiro atoms. The lowest BCUT2D eigenvalue weighted by molar-refractivity contribution is -0.0163. The maximum Gasteiger partial charge on any atom is 0.257 e. The van der Waals surface area contributed by atoms with Gasteiger partial charge in [0.15, 0.2) is 0 Å². The van der Waals surface area contributed by atoms with E-state index in [-0.39, 0.29) is 12.5 Å². The fraction of sp³-hybridized carbons (Fsp3) is 0.476.